The molecule has 6 rings (SSSR count). The maximum Gasteiger partial charge on any atom is 0.0346 e. The van der Waals surface area contributed by atoms with Crippen LogP contribution in [-0.2, 0) is 6.42 Å². The zero-order valence-electron chi connectivity index (χ0n) is 20.4. The van der Waals surface area contributed by atoms with E-state index in [0.29, 0.717) is 0 Å². The van der Waals surface area contributed by atoms with Gasteiger partial charge in [0.1, 0.15) is 0 Å². The summed E-state index contributed by atoms with van der Waals surface area (Å²) in [5.41, 5.74) is 11.1. The van der Waals surface area contributed by atoms with E-state index in [2.05, 4.69) is 127 Å². The molecular formula is C35H27N. The van der Waals surface area contributed by atoms with Gasteiger partial charge in [0.05, 0.1) is 0 Å². The third kappa shape index (κ3) is 4.44. The highest BCUT2D eigenvalue weighted by Gasteiger charge is 2.05. The van der Waals surface area contributed by atoms with Gasteiger partial charge in [-0.15, -0.1) is 0 Å². The Morgan fingerprint density at radius 1 is 0.444 bits per heavy atom. The van der Waals surface area contributed by atoms with Gasteiger partial charge in [-0.05, 0) is 85.5 Å². The van der Waals surface area contributed by atoms with Crippen LogP contribution < -0.4 is 0 Å². The van der Waals surface area contributed by atoms with E-state index in [9.17, 15) is 0 Å². The smallest absolute Gasteiger partial charge is 0.0346 e. The van der Waals surface area contributed by atoms with Gasteiger partial charge in [-0.2, -0.15) is 0 Å². The summed E-state index contributed by atoms with van der Waals surface area (Å²) in [4.78, 5) is 4.24. The quantitative estimate of drug-likeness (QED) is 0.249. The molecular weight excluding hydrogens is 434 g/mol. The number of aryl methyl sites for hydroxylation is 1. The van der Waals surface area contributed by atoms with Crippen molar-refractivity contribution in [2.24, 2.45) is 0 Å². The molecule has 0 aliphatic rings. The minimum absolute atomic E-state index is 1.07. The Hall–Kier alpha value is -4.49. The number of pyridine rings is 1. The van der Waals surface area contributed by atoms with Gasteiger partial charge in [-0.25, -0.2) is 0 Å². The van der Waals surface area contributed by atoms with Crippen molar-refractivity contribution < 1.29 is 0 Å². The van der Waals surface area contributed by atoms with Gasteiger partial charge in [0.15, 0.2) is 0 Å². The van der Waals surface area contributed by atoms with Crippen LogP contribution in [0.15, 0.2) is 134 Å². The van der Waals surface area contributed by atoms with Gasteiger partial charge in [0.2, 0.25) is 0 Å². The molecule has 1 nitrogen and oxygen atoms in total. The maximum atomic E-state index is 4.24. The molecule has 1 aromatic heterocycles. The average Bonchev–Trinajstić information content (AvgIpc) is 2.97. The number of hydrogen-bond donors (Lipinski definition) is 0. The summed E-state index contributed by atoms with van der Waals surface area (Å²) < 4.78 is 0. The van der Waals surface area contributed by atoms with Crippen molar-refractivity contribution in [1.29, 1.82) is 0 Å². The van der Waals surface area contributed by atoms with Crippen molar-refractivity contribution in [3.63, 3.8) is 0 Å². The molecule has 0 N–H and O–H groups in total. The first-order valence-corrected chi connectivity index (χ1v) is 12.5. The number of nitrogens with zero attached hydrogens (tertiary/aromatic N) is 1. The fourth-order valence-corrected chi connectivity index (χ4v) is 4.78. The van der Waals surface area contributed by atoms with Gasteiger partial charge in [0, 0.05) is 12.4 Å². The standard InChI is InChI=1S/C35H27N/c1-2-25-5-7-26(8-6-25)27-9-11-28(12-10-27)32-19-17-31-18-20-33(23-35(31)22-32)29-13-15-30(16-14-29)34-4-3-21-36-24-34/h3-24H,2H2,1H3. The second kappa shape index (κ2) is 9.64. The third-order valence-corrected chi connectivity index (χ3v) is 6.97. The summed E-state index contributed by atoms with van der Waals surface area (Å²) in [6, 6.07) is 44.0. The number of hydrogen-bond acceptors (Lipinski definition) is 1. The van der Waals surface area contributed by atoms with Crippen LogP contribution in [0.3, 0.4) is 0 Å². The van der Waals surface area contributed by atoms with Crippen LogP contribution >= 0.6 is 0 Å². The Morgan fingerprint density at radius 2 is 0.889 bits per heavy atom. The number of aromatic nitrogens is 1. The van der Waals surface area contributed by atoms with E-state index < -0.39 is 0 Å². The van der Waals surface area contributed by atoms with Crippen LogP contribution in [0.25, 0.3) is 55.3 Å². The third-order valence-electron chi connectivity index (χ3n) is 6.97. The van der Waals surface area contributed by atoms with E-state index in [1.54, 1.807) is 6.20 Å². The molecule has 6 aromatic rings. The van der Waals surface area contributed by atoms with Gasteiger partial charge >= 0.3 is 0 Å². The molecule has 0 spiro atoms. The van der Waals surface area contributed by atoms with Gasteiger partial charge < -0.3 is 0 Å². The Labute approximate surface area is 212 Å². The Bertz CT molecular complexity index is 1610. The minimum Gasteiger partial charge on any atom is -0.264 e. The summed E-state index contributed by atoms with van der Waals surface area (Å²) in [6.45, 7) is 2.19. The van der Waals surface area contributed by atoms with Gasteiger partial charge in [0.25, 0.3) is 0 Å². The molecule has 36 heavy (non-hydrogen) atoms. The molecule has 1 heterocycles. The predicted molar refractivity (Wildman–Crippen MR) is 153 cm³/mol. The molecule has 1 heteroatoms. The molecule has 0 saturated heterocycles. The fourth-order valence-electron chi connectivity index (χ4n) is 4.78. The largest absolute Gasteiger partial charge is 0.264 e. The van der Waals surface area contributed by atoms with Gasteiger partial charge in [-0.1, -0.05) is 110 Å². The van der Waals surface area contributed by atoms with Crippen LogP contribution in [0.5, 0.6) is 0 Å². The molecule has 172 valence electrons. The Balaban J connectivity index is 1.28. The molecule has 0 bridgehead atoms. The zero-order chi connectivity index (χ0) is 24.3. The highest BCUT2D eigenvalue weighted by Crippen LogP contribution is 2.31. The second-order valence-corrected chi connectivity index (χ2v) is 9.22. The molecule has 0 unspecified atom stereocenters. The van der Waals surface area contributed by atoms with E-state index in [1.165, 1.54) is 55.3 Å². The van der Waals surface area contributed by atoms with E-state index in [-0.39, 0.29) is 0 Å². The number of rotatable bonds is 5. The summed E-state index contributed by atoms with van der Waals surface area (Å²) in [7, 11) is 0. The van der Waals surface area contributed by atoms with Crippen LogP contribution in [0.2, 0.25) is 0 Å². The molecule has 0 aliphatic carbocycles. The minimum atomic E-state index is 1.07. The first-order valence-electron chi connectivity index (χ1n) is 12.5. The van der Waals surface area contributed by atoms with Crippen LogP contribution in [0.4, 0.5) is 0 Å². The van der Waals surface area contributed by atoms with E-state index in [0.717, 1.165) is 12.0 Å². The zero-order valence-corrected chi connectivity index (χ0v) is 20.4. The average molecular weight is 462 g/mol. The van der Waals surface area contributed by atoms with Crippen molar-refractivity contribution in [1.82, 2.24) is 4.98 Å². The highest BCUT2D eigenvalue weighted by atomic mass is 14.6. The lowest BCUT2D eigenvalue weighted by molar-refractivity contribution is 1.14. The van der Waals surface area contributed by atoms with Crippen LogP contribution in [0.1, 0.15) is 12.5 Å². The molecule has 0 aliphatic heterocycles. The predicted octanol–water partition coefficient (Wildman–Crippen LogP) is 9.47. The Morgan fingerprint density at radius 3 is 1.36 bits per heavy atom. The first kappa shape index (κ1) is 22.0. The van der Waals surface area contributed by atoms with E-state index in [4.69, 9.17) is 0 Å². The maximum absolute atomic E-state index is 4.24. The normalized spacial score (nSPS) is 11.0. The summed E-state index contributed by atoms with van der Waals surface area (Å²) in [6.07, 6.45) is 4.78. The number of benzene rings is 5. The van der Waals surface area contributed by atoms with E-state index in [1.807, 2.05) is 12.3 Å². The van der Waals surface area contributed by atoms with Crippen LogP contribution in [-0.4, -0.2) is 4.98 Å². The van der Waals surface area contributed by atoms with Crippen molar-refractivity contribution >= 4 is 10.8 Å². The number of fused-ring (bicyclic) bond motifs is 1. The van der Waals surface area contributed by atoms with Gasteiger partial charge in [-0.3, -0.25) is 4.98 Å². The lowest BCUT2D eigenvalue weighted by atomic mass is 9.95. The highest BCUT2D eigenvalue weighted by molar-refractivity contribution is 5.91. The summed E-state index contributed by atoms with van der Waals surface area (Å²) in [5.74, 6) is 0. The molecule has 0 amide bonds. The van der Waals surface area contributed by atoms with Crippen LogP contribution in [0, 0.1) is 0 Å². The second-order valence-electron chi connectivity index (χ2n) is 9.22. The summed E-state index contributed by atoms with van der Waals surface area (Å²) in [5, 5.41) is 2.50. The lowest BCUT2D eigenvalue weighted by Crippen LogP contribution is -1.84. The molecule has 0 radical (unpaired) electrons. The van der Waals surface area contributed by atoms with Crippen molar-refractivity contribution in [2.45, 2.75) is 13.3 Å². The fraction of sp³-hybridized carbons (Fsp3) is 0.0571. The van der Waals surface area contributed by atoms with Crippen molar-refractivity contribution in [3.05, 3.63) is 139 Å². The Kier molecular flexibility index (Phi) is 5.89. The topological polar surface area (TPSA) is 12.9 Å². The van der Waals surface area contributed by atoms with Crippen molar-refractivity contribution in [2.75, 3.05) is 0 Å². The molecule has 0 fully saturated rings. The van der Waals surface area contributed by atoms with E-state index >= 15 is 0 Å². The molecule has 0 atom stereocenters. The van der Waals surface area contributed by atoms with Crippen molar-refractivity contribution in [3.8, 4) is 44.5 Å². The molecule has 0 saturated carbocycles. The lowest BCUT2D eigenvalue weighted by Gasteiger charge is -2.09. The summed E-state index contributed by atoms with van der Waals surface area (Å²) >= 11 is 0. The monoisotopic (exact) mass is 461 g/mol. The SMILES string of the molecule is CCc1ccc(-c2ccc(-c3ccc4ccc(-c5ccc(-c6cccnc6)cc5)cc4c3)cc2)cc1. The molecule has 5 aromatic carbocycles. The first-order chi connectivity index (χ1) is 17.8.